The van der Waals surface area contributed by atoms with Crippen LogP contribution in [0.5, 0.6) is 0 Å². The van der Waals surface area contributed by atoms with E-state index in [0.29, 0.717) is 18.3 Å². The van der Waals surface area contributed by atoms with Crippen molar-refractivity contribution in [2.24, 2.45) is 0 Å². The van der Waals surface area contributed by atoms with Gasteiger partial charge in [0.1, 0.15) is 5.82 Å². The first-order valence-corrected chi connectivity index (χ1v) is 5.77. The minimum Gasteiger partial charge on any atom is -0.338 e. The van der Waals surface area contributed by atoms with Gasteiger partial charge in [0.15, 0.2) is 5.82 Å². The van der Waals surface area contributed by atoms with E-state index in [1.165, 1.54) is 12.1 Å². The molecule has 5 heteroatoms. The summed E-state index contributed by atoms with van der Waals surface area (Å²) in [5.74, 6) is 0.889. The SMILES string of the molecule is CNCc1nc(C(C)(C)c2ccc(F)cc2)no1. The molecule has 1 heterocycles. The Morgan fingerprint density at radius 1 is 1.28 bits per heavy atom. The Morgan fingerprint density at radius 2 is 1.94 bits per heavy atom. The third-order valence-corrected chi connectivity index (χ3v) is 2.92. The molecule has 0 spiro atoms. The van der Waals surface area contributed by atoms with Gasteiger partial charge >= 0.3 is 0 Å². The fourth-order valence-electron chi connectivity index (χ4n) is 1.73. The van der Waals surface area contributed by atoms with Gasteiger partial charge in [-0.25, -0.2) is 4.39 Å². The molecule has 0 saturated heterocycles. The second kappa shape index (κ2) is 4.86. The van der Waals surface area contributed by atoms with Gasteiger partial charge in [-0.2, -0.15) is 4.98 Å². The van der Waals surface area contributed by atoms with Crippen molar-refractivity contribution in [3.05, 3.63) is 47.4 Å². The number of nitrogens with zero attached hydrogens (tertiary/aromatic N) is 2. The Hall–Kier alpha value is -1.75. The molecule has 0 unspecified atom stereocenters. The van der Waals surface area contributed by atoms with Crippen LogP contribution in [0.3, 0.4) is 0 Å². The molecule has 1 aromatic carbocycles. The van der Waals surface area contributed by atoms with Crippen molar-refractivity contribution in [2.75, 3.05) is 7.05 Å². The molecule has 2 rings (SSSR count). The van der Waals surface area contributed by atoms with Crippen LogP contribution < -0.4 is 5.32 Å². The monoisotopic (exact) mass is 249 g/mol. The van der Waals surface area contributed by atoms with E-state index in [2.05, 4.69) is 15.5 Å². The maximum Gasteiger partial charge on any atom is 0.240 e. The van der Waals surface area contributed by atoms with Gasteiger partial charge in [0.2, 0.25) is 5.89 Å². The first-order chi connectivity index (χ1) is 8.54. The van der Waals surface area contributed by atoms with Gasteiger partial charge in [-0.3, -0.25) is 0 Å². The van der Waals surface area contributed by atoms with Crippen LogP contribution in [0.1, 0.15) is 31.1 Å². The Labute approximate surface area is 105 Å². The highest BCUT2D eigenvalue weighted by atomic mass is 19.1. The maximum absolute atomic E-state index is 12.9. The summed E-state index contributed by atoms with van der Waals surface area (Å²) >= 11 is 0. The Morgan fingerprint density at radius 3 is 2.56 bits per heavy atom. The number of benzene rings is 1. The van der Waals surface area contributed by atoms with Gasteiger partial charge in [0, 0.05) is 0 Å². The quantitative estimate of drug-likeness (QED) is 0.903. The van der Waals surface area contributed by atoms with E-state index in [1.807, 2.05) is 20.9 Å². The molecule has 0 saturated carbocycles. The van der Waals surface area contributed by atoms with Crippen LogP contribution in [0.2, 0.25) is 0 Å². The molecule has 0 aliphatic carbocycles. The minimum atomic E-state index is -0.414. The largest absolute Gasteiger partial charge is 0.338 e. The molecule has 96 valence electrons. The van der Waals surface area contributed by atoms with E-state index in [9.17, 15) is 4.39 Å². The normalized spacial score (nSPS) is 11.8. The summed E-state index contributed by atoms with van der Waals surface area (Å²) in [6.07, 6.45) is 0. The zero-order valence-electron chi connectivity index (χ0n) is 10.7. The lowest BCUT2D eigenvalue weighted by Crippen LogP contribution is -2.21. The van der Waals surface area contributed by atoms with Crippen molar-refractivity contribution >= 4 is 0 Å². The van der Waals surface area contributed by atoms with Crippen LogP contribution >= 0.6 is 0 Å². The Bertz CT molecular complexity index is 519. The summed E-state index contributed by atoms with van der Waals surface area (Å²) in [5, 5.41) is 6.94. The second-order valence-corrected chi connectivity index (χ2v) is 4.67. The fraction of sp³-hybridized carbons (Fsp3) is 0.385. The predicted molar refractivity (Wildman–Crippen MR) is 65.6 cm³/mol. The van der Waals surface area contributed by atoms with Crippen molar-refractivity contribution in [1.82, 2.24) is 15.5 Å². The van der Waals surface area contributed by atoms with Gasteiger partial charge in [-0.05, 0) is 38.6 Å². The van der Waals surface area contributed by atoms with E-state index < -0.39 is 5.41 Å². The molecule has 0 amide bonds. The summed E-state index contributed by atoms with van der Waals surface area (Å²) in [6.45, 7) is 4.50. The summed E-state index contributed by atoms with van der Waals surface area (Å²) in [7, 11) is 1.81. The van der Waals surface area contributed by atoms with Gasteiger partial charge in [0.25, 0.3) is 0 Å². The molecule has 0 aliphatic rings. The summed E-state index contributed by atoms with van der Waals surface area (Å²) in [4.78, 5) is 4.34. The highest BCUT2D eigenvalue weighted by Gasteiger charge is 2.28. The molecule has 2 aromatic rings. The van der Waals surface area contributed by atoms with E-state index in [-0.39, 0.29) is 5.82 Å². The van der Waals surface area contributed by atoms with E-state index in [4.69, 9.17) is 4.52 Å². The molecule has 0 aliphatic heterocycles. The number of nitrogens with one attached hydrogen (secondary N) is 1. The lowest BCUT2D eigenvalue weighted by Gasteiger charge is -2.20. The highest BCUT2D eigenvalue weighted by molar-refractivity contribution is 5.30. The average Bonchev–Trinajstić information content (AvgIpc) is 2.79. The first kappa shape index (κ1) is 12.7. The van der Waals surface area contributed by atoms with E-state index >= 15 is 0 Å². The van der Waals surface area contributed by atoms with Crippen LogP contribution in [0.4, 0.5) is 4.39 Å². The van der Waals surface area contributed by atoms with Gasteiger partial charge in [-0.1, -0.05) is 17.3 Å². The third-order valence-electron chi connectivity index (χ3n) is 2.92. The van der Waals surface area contributed by atoms with Crippen molar-refractivity contribution in [1.29, 1.82) is 0 Å². The summed E-state index contributed by atoms with van der Waals surface area (Å²) < 4.78 is 18.1. The zero-order valence-corrected chi connectivity index (χ0v) is 10.7. The molecule has 4 nitrogen and oxygen atoms in total. The fourth-order valence-corrected chi connectivity index (χ4v) is 1.73. The van der Waals surface area contributed by atoms with Crippen LogP contribution in [0, 0.1) is 5.82 Å². The molecular formula is C13H16FN3O. The van der Waals surface area contributed by atoms with Crippen LogP contribution in [0.15, 0.2) is 28.8 Å². The predicted octanol–water partition coefficient (Wildman–Crippen LogP) is 2.25. The minimum absolute atomic E-state index is 0.251. The molecule has 1 N–H and O–H groups in total. The Kier molecular flexibility index (Phi) is 3.43. The van der Waals surface area contributed by atoms with Gasteiger partial charge in [-0.15, -0.1) is 0 Å². The number of rotatable bonds is 4. The van der Waals surface area contributed by atoms with Crippen molar-refractivity contribution < 1.29 is 8.91 Å². The van der Waals surface area contributed by atoms with Crippen LogP contribution in [0.25, 0.3) is 0 Å². The maximum atomic E-state index is 12.9. The molecule has 18 heavy (non-hydrogen) atoms. The lowest BCUT2D eigenvalue weighted by molar-refractivity contribution is 0.360. The lowest BCUT2D eigenvalue weighted by atomic mass is 9.84. The highest BCUT2D eigenvalue weighted by Crippen LogP contribution is 2.29. The molecular weight excluding hydrogens is 233 g/mol. The van der Waals surface area contributed by atoms with Crippen molar-refractivity contribution in [3.63, 3.8) is 0 Å². The Balaban J connectivity index is 2.31. The van der Waals surface area contributed by atoms with E-state index in [0.717, 1.165) is 5.56 Å². The van der Waals surface area contributed by atoms with Gasteiger partial charge < -0.3 is 9.84 Å². The smallest absolute Gasteiger partial charge is 0.240 e. The number of aromatic nitrogens is 2. The van der Waals surface area contributed by atoms with Crippen LogP contribution in [-0.2, 0) is 12.0 Å². The van der Waals surface area contributed by atoms with Crippen LogP contribution in [-0.4, -0.2) is 17.2 Å². The van der Waals surface area contributed by atoms with Crippen molar-refractivity contribution in [2.45, 2.75) is 25.8 Å². The molecule has 1 aromatic heterocycles. The van der Waals surface area contributed by atoms with Gasteiger partial charge in [0.05, 0.1) is 12.0 Å². The number of hydrogen-bond acceptors (Lipinski definition) is 4. The molecule has 0 bridgehead atoms. The second-order valence-electron chi connectivity index (χ2n) is 4.67. The van der Waals surface area contributed by atoms with E-state index in [1.54, 1.807) is 12.1 Å². The molecule has 0 radical (unpaired) electrons. The first-order valence-electron chi connectivity index (χ1n) is 5.77. The molecule has 0 fully saturated rings. The summed E-state index contributed by atoms with van der Waals surface area (Å²) in [5.41, 5.74) is 0.532. The molecule has 0 atom stereocenters. The standard InChI is InChI=1S/C13H16FN3O/c1-13(2,9-4-6-10(14)7-5-9)12-16-11(8-15-3)18-17-12/h4-7,15H,8H2,1-3H3. The average molecular weight is 249 g/mol. The summed E-state index contributed by atoms with van der Waals surface area (Å²) in [6, 6.07) is 6.35. The number of hydrogen-bond donors (Lipinski definition) is 1. The zero-order chi connectivity index (χ0) is 13.2. The third kappa shape index (κ3) is 2.41. The number of halogens is 1. The topological polar surface area (TPSA) is 51.0 Å². The van der Waals surface area contributed by atoms with Crippen molar-refractivity contribution in [3.8, 4) is 0 Å².